The fraction of sp³-hybridized carbons (Fsp3) is 0.148. The van der Waals surface area contributed by atoms with E-state index in [1.165, 1.54) is 5.56 Å². The number of carbonyl (C=O) groups is 1. The summed E-state index contributed by atoms with van der Waals surface area (Å²) in [5.41, 5.74) is 6.03. The zero-order valence-corrected chi connectivity index (χ0v) is 19.0. The summed E-state index contributed by atoms with van der Waals surface area (Å²) in [6.45, 7) is 4.06. The summed E-state index contributed by atoms with van der Waals surface area (Å²) < 4.78 is 0. The first-order valence-corrected chi connectivity index (χ1v) is 11.6. The highest BCUT2D eigenvalue weighted by Crippen LogP contribution is 2.23. The lowest BCUT2D eigenvalue weighted by atomic mass is 10.1. The van der Waals surface area contributed by atoms with Gasteiger partial charge in [-0.3, -0.25) is 4.79 Å². The van der Waals surface area contributed by atoms with E-state index in [0.29, 0.717) is 5.56 Å². The van der Waals surface area contributed by atoms with Crippen LogP contribution in [0.5, 0.6) is 0 Å². The molecule has 1 heterocycles. The Balaban J connectivity index is 1.31. The number of hydrogen-bond donors (Lipinski definition) is 1. The maximum atomic E-state index is 12.6. The van der Waals surface area contributed by atoms with Crippen molar-refractivity contribution >= 4 is 17.7 Å². The first kappa shape index (κ1) is 21.8. The Hall–Kier alpha value is -3.44. The molecule has 0 aliphatic heterocycles. The van der Waals surface area contributed by atoms with Gasteiger partial charge in [0.25, 0.3) is 5.91 Å². The number of hydrogen-bond acceptors (Lipinski definition) is 4. The summed E-state index contributed by atoms with van der Waals surface area (Å²) in [5.74, 6) is 0.694. The SMILES string of the molecule is Cc1ccc(-c2ccc(SCc3ccc(C(=O)NC(C)c4ccccc4)cc3)nn2)cc1. The molecule has 32 heavy (non-hydrogen) atoms. The second-order valence-electron chi connectivity index (χ2n) is 7.71. The van der Waals surface area contributed by atoms with E-state index in [2.05, 4.69) is 46.7 Å². The van der Waals surface area contributed by atoms with E-state index in [0.717, 1.165) is 33.2 Å². The van der Waals surface area contributed by atoms with Crippen LogP contribution in [0.1, 0.15) is 40.0 Å². The number of nitrogens with one attached hydrogen (secondary N) is 1. The average molecular weight is 440 g/mol. The second kappa shape index (κ2) is 10.2. The standard InChI is InChI=1S/C27H25N3OS/c1-19-8-12-23(13-9-19)25-16-17-26(30-29-25)32-18-21-10-14-24(15-11-21)27(31)28-20(2)22-6-4-3-5-7-22/h3-17,20H,18H2,1-2H3,(H,28,31). The van der Waals surface area contributed by atoms with Gasteiger partial charge in [-0.05, 0) is 49.2 Å². The number of rotatable bonds is 7. The molecule has 0 aliphatic rings. The van der Waals surface area contributed by atoms with E-state index in [1.807, 2.05) is 73.7 Å². The number of carbonyl (C=O) groups excluding carboxylic acids is 1. The normalized spacial score (nSPS) is 11.7. The molecule has 4 nitrogen and oxygen atoms in total. The Kier molecular flexibility index (Phi) is 6.97. The average Bonchev–Trinajstić information content (AvgIpc) is 2.84. The van der Waals surface area contributed by atoms with Crippen LogP contribution in [-0.2, 0) is 5.75 Å². The van der Waals surface area contributed by atoms with E-state index < -0.39 is 0 Å². The summed E-state index contributed by atoms with van der Waals surface area (Å²) in [6.07, 6.45) is 0. The quantitative estimate of drug-likeness (QED) is 0.347. The van der Waals surface area contributed by atoms with Gasteiger partial charge in [-0.15, -0.1) is 10.2 Å². The number of amides is 1. The molecule has 1 N–H and O–H groups in total. The molecular formula is C27H25N3OS. The Morgan fingerprint density at radius 2 is 1.59 bits per heavy atom. The van der Waals surface area contributed by atoms with Gasteiger partial charge in [0.2, 0.25) is 0 Å². The van der Waals surface area contributed by atoms with Crippen LogP contribution in [0.15, 0.2) is 96.0 Å². The van der Waals surface area contributed by atoms with Crippen molar-refractivity contribution in [3.8, 4) is 11.3 Å². The van der Waals surface area contributed by atoms with Crippen LogP contribution in [-0.4, -0.2) is 16.1 Å². The second-order valence-corrected chi connectivity index (χ2v) is 8.71. The maximum absolute atomic E-state index is 12.6. The number of thioether (sulfide) groups is 1. The number of aryl methyl sites for hydroxylation is 1. The van der Waals surface area contributed by atoms with Crippen molar-refractivity contribution in [1.29, 1.82) is 0 Å². The van der Waals surface area contributed by atoms with Gasteiger partial charge in [-0.25, -0.2) is 0 Å². The summed E-state index contributed by atoms with van der Waals surface area (Å²) >= 11 is 1.63. The summed E-state index contributed by atoms with van der Waals surface area (Å²) in [6, 6.07) is 29.9. The van der Waals surface area contributed by atoms with Gasteiger partial charge in [0.1, 0.15) is 5.03 Å². The molecule has 0 saturated heterocycles. The van der Waals surface area contributed by atoms with Crippen LogP contribution in [0, 0.1) is 6.92 Å². The largest absolute Gasteiger partial charge is 0.346 e. The molecule has 0 saturated carbocycles. The minimum absolute atomic E-state index is 0.0413. The molecule has 1 unspecified atom stereocenters. The molecule has 5 heteroatoms. The first-order valence-electron chi connectivity index (χ1n) is 10.6. The van der Waals surface area contributed by atoms with E-state index >= 15 is 0 Å². The predicted molar refractivity (Wildman–Crippen MR) is 131 cm³/mol. The van der Waals surface area contributed by atoms with E-state index in [-0.39, 0.29) is 11.9 Å². The summed E-state index contributed by atoms with van der Waals surface area (Å²) in [5, 5.41) is 12.6. The Labute approximate surface area is 193 Å². The zero-order chi connectivity index (χ0) is 22.3. The van der Waals surface area contributed by atoms with Crippen molar-refractivity contribution in [2.24, 2.45) is 0 Å². The minimum Gasteiger partial charge on any atom is -0.346 e. The van der Waals surface area contributed by atoms with Gasteiger partial charge in [0.05, 0.1) is 11.7 Å². The summed E-state index contributed by atoms with van der Waals surface area (Å²) in [7, 11) is 0. The highest BCUT2D eigenvalue weighted by Gasteiger charge is 2.11. The molecular weight excluding hydrogens is 414 g/mol. The van der Waals surface area contributed by atoms with E-state index in [1.54, 1.807) is 11.8 Å². The van der Waals surface area contributed by atoms with Crippen molar-refractivity contribution in [3.05, 3.63) is 113 Å². The van der Waals surface area contributed by atoms with Gasteiger partial charge in [0.15, 0.2) is 0 Å². The molecule has 0 bridgehead atoms. The van der Waals surface area contributed by atoms with E-state index in [4.69, 9.17) is 0 Å². The van der Waals surface area contributed by atoms with Gasteiger partial charge in [-0.1, -0.05) is 84.1 Å². The van der Waals surface area contributed by atoms with Crippen LogP contribution in [0.25, 0.3) is 11.3 Å². The van der Waals surface area contributed by atoms with Gasteiger partial charge in [0, 0.05) is 16.9 Å². The highest BCUT2D eigenvalue weighted by atomic mass is 32.2. The number of benzene rings is 3. The third kappa shape index (κ3) is 5.62. The van der Waals surface area contributed by atoms with Gasteiger partial charge < -0.3 is 5.32 Å². The first-order chi connectivity index (χ1) is 15.6. The van der Waals surface area contributed by atoms with Crippen LogP contribution < -0.4 is 5.32 Å². The molecule has 1 aromatic heterocycles. The lowest BCUT2D eigenvalue weighted by Gasteiger charge is -2.14. The van der Waals surface area contributed by atoms with Crippen LogP contribution in [0.4, 0.5) is 0 Å². The number of nitrogens with zero attached hydrogens (tertiary/aromatic N) is 2. The van der Waals surface area contributed by atoms with E-state index in [9.17, 15) is 4.79 Å². The third-order valence-corrected chi connectivity index (χ3v) is 6.23. The van der Waals surface area contributed by atoms with Crippen molar-refractivity contribution in [2.75, 3.05) is 0 Å². The van der Waals surface area contributed by atoms with Crippen molar-refractivity contribution in [1.82, 2.24) is 15.5 Å². The lowest BCUT2D eigenvalue weighted by molar-refractivity contribution is 0.0940. The molecule has 0 spiro atoms. The fourth-order valence-corrected chi connectivity index (χ4v) is 4.06. The van der Waals surface area contributed by atoms with Crippen LogP contribution >= 0.6 is 11.8 Å². The van der Waals surface area contributed by atoms with Gasteiger partial charge in [-0.2, -0.15) is 0 Å². The Morgan fingerprint density at radius 1 is 0.875 bits per heavy atom. The Bertz CT molecular complexity index is 1160. The van der Waals surface area contributed by atoms with Crippen LogP contribution in [0.3, 0.4) is 0 Å². The van der Waals surface area contributed by atoms with Crippen molar-refractivity contribution < 1.29 is 4.79 Å². The monoisotopic (exact) mass is 439 g/mol. The summed E-state index contributed by atoms with van der Waals surface area (Å²) in [4.78, 5) is 12.6. The zero-order valence-electron chi connectivity index (χ0n) is 18.2. The smallest absolute Gasteiger partial charge is 0.251 e. The molecule has 0 fully saturated rings. The predicted octanol–water partition coefficient (Wildman–Crippen LogP) is 6.24. The molecule has 4 aromatic rings. The topological polar surface area (TPSA) is 54.9 Å². The van der Waals surface area contributed by atoms with Crippen LogP contribution in [0.2, 0.25) is 0 Å². The highest BCUT2D eigenvalue weighted by molar-refractivity contribution is 7.98. The maximum Gasteiger partial charge on any atom is 0.251 e. The van der Waals surface area contributed by atoms with Crippen molar-refractivity contribution in [3.63, 3.8) is 0 Å². The fourth-order valence-electron chi connectivity index (χ4n) is 3.29. The number of aromatic nitrogens is 2. The molecule has 3 aromatic carbocycles. The minimum atomic E-state index is -0.0712. The van der Waals surface area contributed by atoms with Gasteiger partial charge >= 0.3 is 0 Å². The van der Waals surface area contributed by atoms with Crippen molar-refractivity contribution in [2.45, 2.75) is 30.7 Å². The molecule has 1 atom stereocenters. The molecule has 160 valence electrons. The molecule has 4 rings (SSSR count). The molecule has 0 radical (unpaired) electrons. The molecule has 1 amide bonds. The lowest BCUT2D eigenvalue weighted by Crippen LogP contribution is -2.26. The molecule has 0 aliphatic carbocycles. The third-order valence-electron chi connectivity index (χ3n) is 5.24. The Morgan fingerprint density at radius 3 is 2.25 bits per heavy atom.